The Hall–Kier alpha value is -0.290. The lowest BCUT2D eigenvalue weighted by Gasteiger charge is -2.17. The monoisotopic (exact) mass is 185 g/mol. The Kier molecular flexibility index (Phi) is 4.55. The topological polar surface area (TPSA) is 21.3 Å². The maximum Gasteiger partial charge on any atom is 0.413 e. The van der Waals surface area contributed by atoms with E-state index in [1.165, 1.54) is 0 Å². The molecule has 5 heteroatoms. The smallest absolute Gasteiger partial charge is 0.292 e. The molecule has 0 aliphatic heterocycles. The summed E-state index contributed by atoms with van der Waals surface area (Å²) >= 11 is 0. The third kappa shape index (κ3) is 6.42. The van der Waals surface area contributed by atoms with E-state index in [9.17, 15) is 13.2 Å². The minimum atomic E-state index is -4.26. The van der Waals surface area contributed by atoms with Gasteiger partial charge in [-0.3, -0.25) is 4.84 Å². The molecule has 0 aromatic carbocycles. The van der Waals surface area contributed by atoms with Crippen molar-refractivity contribution in [2.75, 3.05) is 6.61 Å². The molecule has 0 heterocycles. The van der Waals surface area contributed by atoms with Crippen molar-refractivity contribution in [1.29, 1.82) is 0 Å². The number of hydroxylamine groups is 1. The molecule has 0 saturated heterocycles. The normalized spacial score (nSPS) is 15.2. The number of rotatable bonds is 4. The maximum atomic E-state index is 11.5. The second-order valence-corrected chi connectivity index (χ2v) is 3.05. The van der Waals surface area contributed by atoms with Gasteiger partial charge >= 0.3 is 6.18 Å². The first-order valence-electron chi connectivity index (χ1n) is 3.77. The SMILES string of the molecule is CC(C)C(C)NOCC(F)(F)F. The van der Waals surface area contributed by atoms with E-state index in [1.807, 2.05) is 13.8 Å². The average molecular weight is 185 g/mol. The Morgan fingerprint density at radius 3 is 2.08 bits per heavy atom. The van der Waals surface area contributed by atoms with Crippen molar-refractivity contribution in [2.24, 2.45) is 5.92 Å². The van der Waals surface area contributed by atoms with Crippen molar-refractivity contribution in [3.8, 4) is 0 Å². The molecule has 0 aromatic heterocycles. The summed E-state index contributed by atoms with van der Waals surface area (Å²) in [4.78, 5) is 4.25. The molecule has 0 aliphatic carbocycles. The number of hydrogen-bond donors (Lipinski definition) is 1. The molecule has 74 valence electrons. The van der Waals surface area contributed by atoms with E-state index in [0.717, 1.165) is 0 Å². The predicted octanol–water partition coefficient (Wildman–Crippen LogP) is 2.11. The minimum absolute atomic E-state index is 0.0765. The van der Waals surface area contributed by atoms with Crippen LogP contribution in [0.25, 0.3) is 0 Å². The van der Waals surface area contributed by atoms with E-state index >= 15 is 0 Å². The fourth-order valence-corrected chi connectivity index (χ4v) is 0.391. The molecule has 0 aromatic rings. The van der Waals surface area contributed by atoms with Crippen molar-refractivity contribution in [3.63, 3.8) is 0 Å². The standard InChI is InChI=1S/C7H14F3NO/c1-5(2)6(3)11-12-4-7(8,9)10/h5-6,11H,4H2,1-3H3. The van der Waals surface area contributed by atoms with Crippen LogP contribution in [0.2, 0.25) is 0 Å². The van der Waals surface area contributed by atoms with Gasteiger partial charge in [0.2, 0.25) is 0 Å². The largest absolute Gasteiger partial charge is 0.413 e. The van der Waals surface area contributed by atoms with Crippen LogP contribution in [0, 0.1) is 5.92 Å². The van der Waals surface area contributed by atoms with Crippen LogP contribution in [-0.4, -0.2) is 18.8 Å². The molecule has 0 spiro atoms. The summed E-state index contributed by atoms with van der Waals surface area (Å²) < 4.78 is 34.6. The van der Waals surface area contributed by atoms with E-state index in [2.05, 4.69) is 10.3 Å². The van der Waals surface area contributed by atoms with Crippen molar-refractivity contribution in [2.45, 2.75) is 33.0 Å². The molecular weight excluding hydrogens is 171 g/mol. The summed E-state index contributed by atoms with van der Waals surface area (Å²) in [6.45, 7) is 4.31. The second-order valence-electron chi connectivity index (χ2n) is 3.05. The number of nitrogens with one attached hydrogen (secondary N) is 1. The van der Waals surface area contributed by atoms with Gasteiger partial charge in [-0.1, -0.05) is 13.8 Å². The summed E-state index contributed by atoms with van der Waals surface area (Å²) in [7, 11) is 0. The average Bonchev–Trinajstić information content (AvgIpc) is 1.84. The van der Waals surface area contributed by atoms with Crippen molar-refractivity contribution in [3.05, 3.63) is 0 Å². The maximum absolute atomic E-state index is 11.5. The molecule has 0 fully saturated rings. The van der Waals surface area contributed by atoms with E-state index in [0.29, 0.717) is 0 Å². The van der Waals surface area contributed by atoms with Gasteiger partial charge in [-0.25, -0.2) is 0 Å². The van der Waals surface area contributed by atoms with Crippen LogP contribution in [0.15, 0.2) is 0 Å². The van der Waals surface area contributed by atoms with Crippen LogP contribution in [0.1, 0.15) is 20.8 Å². The predicted molar refractivity (Wildman–Crippen MR) is 39.4 cm³/mol. The molecule has 1 atom stereocenters. The third-order valence-corrected chi connectivity index (χ3v) is 1.51. The number of halogens is 3. The third-order valence-electron chi connectivity index (χ3n) is 1.51. The highest BCUT2D eigenvalue weighted by Crippen LogP contribution is 2.14. The van der Waals surface area contributed by atoms with Crippen LogP contribution in [0.5, 0.6) is 0 Å². The zero-order valence-corrected chi connectivity index (χ0v) is 7.40. The van der Waals surface area contributed by atoms with E-state index < -0.39 is 12.8 Å². The van der Waals surface area contributed by atoms with Crippen molar-refractivity contribution >= 4 is 0 Å². The molecule has 1 unspecified atom stereocenters. The molecular formula is C7H14F3NO. The fourth-order valence-electron chi connectivity index (χ4n) is 0.391. The molecule has 0 radical (unpaired) electrons. The second kappa shape index (κ2) is 4.67. The summed E-state index contributed by atoms with van der Waals surface area (Å²) in [5, 5.41) is 0. The Bertz CT molecular complexity index is 124. The molecule has 2 nitrogen and oxygen atoms in total. The summed E-state index contributed by atoms with van der Waals surface area (Å²) in [5.74, 6) is 0.248. The zero-order chi connectivity index (χ0) is 9.78. The Morgan fingerprint density at radius 1 is 1.25 bits per heavy atom. The molecule has 0 saturated carbocycles. The minimum Gasteiger partial charge on any atom is -0.292 e. The van der Waals surface area contributed by atoms with Crippen LogP contribution < -0.4 is 5.48 Å². The van der Waals surface area contributed by atoms with Gasteiger partial charge in [-0.2, -0.15) is 18.7 Å². The summed E-state index contributed by atoms with van der Waals surface area (Å²) in [6.07, 6.45) is -4.26. The van der Waals surface area contributed by atoms with Gasteiger partial charge in [0, 0.05) is 6.04 Å². The van der Waals surface area contributed by atoms with E-state index in [-0.39, 0.29) is 12.0 Å². The lowest BCUT2D eigenvalue weighted by atomic mass is 10.1. The van der Waals surface area contributed by atoms with Crippen molar-refractivity contribution in [1.82, 2.24) is 5.48 Å². The van der Waals surface area contributed by atoms with E-state index in [1.54, 1.807) is 6.92 Å². The van der Waals surface area contributed by atoms with Crippen molar-refractivity contribution < 1.29 is 18.0 Å². The highest BCUT2D eigenvalue weighted by Gasteiger charge is 2.28. The van der Waals surface area contributed by atoms with Crippen LogP contribution in [-0.2, 0) is 4.84 Å². The number of alkyl halides is 3. The van der Waals surface area contributed by atoms with Gasteiger partial charge in [-0.05, 0) is 12.8 Å². The van der Waals surface area contributed by atoms with Crippen LogP contribution in [0.3, 0.4) is 0 Å². The summed E-state index contributed by atoms with van der Waals surface area (Å²) in [6, 6.07) is -0.0765. The first-order chi connectivity index (χ1) is 5.33. The Labute approximate surface area is 70.0 Å². The summed E-state index contributed by atoms with van der Waals surface area (Å²) in [5.41, 5.74) is 2.32. The molecule has 12 heavy (non-hydrogen) atoms. The lowest BCUT2D eigenvalue weighted by Crippen LogP contribution is -2.34. The number of hydrogen-bond acceptors (Lipinski definition) is 2. The van der Waals surface area contributed by atoms with Crippen LogP contribution in [0.4, 0.5) is 13.2 Å². The quantitative estimate of drug-likeness (QED) is 0.677. The van der Waals surface area contributed by atoms with Gasteiger partial charge in [-0.15, -0.1) is 0 Å². The van der Waals surface area contributed by atoms with Gasteiger partial charge in [0.05, 0.1) is 0 Å². The zero-order valence-electron chi connectivity index (χ0n) is 7.40. The molecule has 0 amide bonds. The molecule has 0 bridgehead atoms. The van der Waals surface area contributed by atoms with Crippen LogP contribution >= 0.6 is 0 Å². The highest BCUT2D eigenvalue weighted by molar-refractivity contribution is 4.58. The van der Waals surface area contributed by atoms with Gasteiger partial charge in [0.1, 0.15) is 0 Å². The van der Waals surface area contributed by atoms with Gasteiger partial charge in [0.25, 0.3) is 0 Å². The molecule has 0 aliphatic rings. The molecule has 1 N–H and O–H groups in total. The highest BCUT2D eigenvalue weighted by atomic mass is 19.4. The lowest BCUT2D eigenvalue weighted by molar-refractivity contribution is -0.193. The Morgan fingerprint density at radius 2 is 1.75 bits per heavy atom. The Balaban J connectivity index is 3.44. The fraction of sp³-hybridized carbons (Fsp3) is 1.00. The van der Waals surface area contributed by atoms with Gasteiger partial charge < -0.3 is 0 Å². The first-order valence-corrected chi connectivity index (χ1v) is 3.77. The first kappa shape index (κ1) is 11.7. The van der Waals surface area contributed by atoms with E-state index in [4.69, 9.17) is 0 Å². The van der Waals surface area contributed by atoms with Gasteiger partial charge in [0.15, 0.2) is 6.61 Å². The molecule has 0 rings (SSSR count).